The number of rotatable bonds is 3. The van der Waals surface area contributed by atoms with Gasteiger partial charge in [-0.2, -0.15) is 9.97 Å². The van der Waals surface area contributed by atoms with Gasteiger partial charge in [0.15, 0.2) is 17.7 Å². The molecule has 10 heteroatoms. The van der Waals surface area contributed by atoms with E-state index in [4.69, 9.17) is 20.9 Å². The fourth-order valence-electron chi connectivity index (χ4n) is 2.53. The Morgan fingerprint density at radius 1 is 1.43 bits per heavy atom. The van der Waals surface area contributed by atoms with Crippen LogP contribution >= 0.6 is 0 Å². The van der Waals surface area contributed by atoms with E-state index < -0.39 is 24.5 Å². The standard InChI is InChI=1S/C11H16N6O4/c1-20-7-4(2-18)21-10(6(7)19)17-3-14-5-8(12)15-11(13)16-9(5)17/h3-4,6-7,10,18-19H,2H2,1H3,(H4,12,13,15,16)/t4-,6?,7+,10-/m1/s1. The van der Waals surface area contributed by atoms with Crippen LogP contribution in [0.1, 0.15) is 6.23 Å². The van der Waals surface area contributed by atoms with Gasteiger partial charge in [0.1, 0.15) is 23.8 Å². The fourth-order valence-corrected chi connectivity index (χ4v) is 2.53. The van der Waals surface area contributed by atoms with Crippen molar-refractivity contribution >= 4 is 22.9 Å². The molecule has 0 aliphatic carbocycles. The Hall–Kier alpha value is -2.01. The molecule has 21 heavy (non-hydrogen) atoms. The summed E-state index contributed by atoms with van der Waals surface area (Å²) in [7, 11) is 1.44. The molecule has 3 heterocycles. The molecule has 1 saturated heterocycles. The first kappa shape index (κ1) is 13.9. The predicted octanol–water partition coefficient (Wildman–Crippen LogP) is -1.74. The van der Waals surface area contributed by atoms with Crippen molar-refractivity contribution in [1.82, 2.24) is 19.5 Å². The van der Waals surface area contributed by atoms with E-state index in [-0.39, 0.29) is 18.4 Å². The van der Waals surface area contributed by atoms with Crippen LogP contribution in [0.2, 0.25) is 0 Å². The number of imidazole rings is 1. The molecule has 6 N–H and O–H groups in total. The third-order valence-corrected chi connectivity index (χ3v) is 3.50. The van der Waals surface area contributed by atoms with Gasteiger partial charge in [0, 0.05) is 7.11 Å². The first-order chi connectivity index (χ1) is 10.1. The maximum atomic E-state index is 10.3. The molecule has 114 valence electrons. The molecule has 0 aromatic carbocycles. The molecule has 10 nitrogen and oxygen atoms in total. The summed E-state index contributed by atoms with van der Waals surface area (Å²) in [6.07, 6.45) is -1.69. The summed E-state index contributed by atoms with van der Waals surface area (Å²) < 4.78 is 12.3. The molecule has 1 aliphatic heterocycles. The van der Waals surface area contributed by atoms with Crippen LogP contribution in [0.4, 0.5) is 11.8 Å². The lowest BCUT2D eigenvalue weighted by molar-refractivity contribution is -0.0535. The number of methoxy groups -OCH3 is 1. The molecule has 1 aliphatic rings. The number of hydrogen-bond acceptors (Lipinski definition) is 9. The van der Waals surface area contributed by atoms with E-state index in [1.54, 1.807) is 0 Å². The largest absolute Gasteiger partial charge is 0.394 e. The molecule has 3 rings (SSSR count). The summed E-state index contributed by atoms with van der Waals surface area (Å²) in [5, 5.41) is 19.6. The lowest BCUT2D eigenvalue weighted by Crippen LogP contribution is -2.35. The molecule has 2 aromatic rings. The van der Waals surface area contributed by atoms with Gasteiger partial charge < -0.3 is 31.2 Å². The Balaban J connectivity index is 2.05. The van der Waals surface area contributed by atoms with Crippen LogP contribution in [0.15, 0.2) is 6.33 Å². The molecule has 1 fully saturated rings. The van der Waals surface area contributed by atoms with Crippen LogP contribution in [-0.2, 0) is 9.47 Å². The summed E-state index contributed by atoms with van der Waals surface area (Å²) in [5.74, 6) is 0.141. The highest BCUT2D eigenvalue weighted by Crippen LogP contribution is 2.33. The summed E-state index contributed by atoms with van der Waals surface area (Å²) in [6.45, 7) is -0.280. The van der Waals surface area contributed by atoms with Gasteiger partial charge in [0.2, 0.25) is 5.95 Å². The van der Waals surface area contributed by atoms with E-state index in [2.05, 4.69) is 15.0 Å². The number of aliphatic hydroxyl groups is 2. The zero-order valence-corrected chi connectivity index (χ0v) is 11.2. The number of nitrogens with zero attached hydrogens (tertiary/aromatic N) is 4. The Kier molecular flexibility index (Phi) is 3.37. The summed E-state index contributed by atoms with van der Waals surface area (Å²) in [4.78, 5) is 12.0. The van der Waals surface area contributed by atoms with Gasteiger partial charge in [0.25, 0.3) is 0 Å². The minimum absolute atomic E-state index is 0.00348. The van der Waals surface area contributed by atoms with Gasteiger partial charge in [-0.15, -0.1) is 0 Å². The third kappa shape index (κ3) is 2.08. The minimum atomic E-state index is -0.998. The highest BCUT2D eigenvalue weighted by Gasteiger charge is 2.45. The quantitative estimate of drug-likeness (QED) is 0.516. The second-order valence-corrected chi connectivity index (χ2v) is 4.73. The number of hydrogen-bond donors (Lipinski definition) is 4. The molecule has 0 saturated carbocycles. The van der Waals surface area contributed by atoms with Crippen molar-refractivity contribution in [2.45, 2.75) is 24.5 Å². The van der Waals surface area contributed by atoms with Gasteiger partial charge in [-0.1, -0.05) is 0 Å². The van der Waals surface area contributed by atoms with Gasteiger partial charge in [0.05, 0.1) is 12.9 Å². The van der Waals surface area contributed by atoms with Crippen LogP contribution in [0.25, 0.3) is 11.2 Å². The number of fused-ring (bicyclic) bond motifs is 1. The average molecular weight is 296 g/mol. The van der Waals surface area contributed by atoms with Crippen molar-refractivity contribution < 1.29 is 19.7 Å². The maximum Gasteiger partial charge on any atom is 0.224 e. The van der Waals surface area contributed by atoms with E-state index >= 15 is 0 Å². The topological polar surface area (TPSA) is 155 Å². The van der Waals surface area contributed by atoms with E-state index in [0.717, 1.165) is 0 Å². The van der Waals surface area contributed by atoms with Crippen LogP contribution in [0.3, 0.4) is 0 Å². The monoisotopic (exact) mass is 296 g/mol. The first-order valence-corrected chi connectivity index (χ1v) is 6.29. The summed E-state index contributed by atoms with van der Waals surface area (Å²) in [5.41, 5.74) is 12.0. The van der Waals surface area contributed by atoms with Crippen LogP contribution in [0, 0.1) is 0 Å². The Morgan fingerprint density at radius 3 is 2.81 bits per heavy atom. The predicted molar refractivity (Wildman–Crippen MR) is 71.9 cm³/mol. The third-order valence-electron chi connectivity index (χ3n) is 3.50. The highest BCUT2D eigenvalue weighted by molar-refractivity contribution is 5.82. The van der Waals surface area contributed by atoms with Gasteiger partial charge in [-0.25, -0.2) is 4.98 Å². The molecular weight excluding hydrogens is 280 g/mol. The van der Waals surface area contributed by atoms with Crippen LogP contribution in [0.5, 0.6) is 0 Å². The lowest BCUT2D eigenvalue weighted by Gasteiger charge is -2.17. The van der Waals surface area contributed by atoms with E-state index in [9.17, 15) is 10.2 Å². The Morgan fingerprint density at radius 2 is 2.19 bits per heavy atom. The van der Waals surface area contributed by atoms with Crippen molar-refractivity contribution in [3.63, 3.8) is 0 Å². The van der Waals surface area contributed by atoms with Crippen molar-refractivity contribution in [1.29, 1.82) is 0 Å². The second-order valence-electron chi connectivity index (χ2n) is 4.73. The molecule has 2 aromatic heterocycles. The molecule has 0 spiro atoms. The molecule has 0 bridgehead atoms. The molecule has 1 unspecified atom stereocenters. The first-order valence-electron chi connectivity index (χ1n) is 6.29. The smallest absolute Gasteiger partial charge is 0.224 e. The van der Waals surface area contributed by atoms with Crippen molar-refractivity contribution in [3.05, 3.63) is 6.33 Å². The SMILES string of the molecule is CO[C@@H]1C(O)[C@H](n2cnc3c(N)nc(N)nc32)O[C@@H]1CO. The number of nitrogens with two attached hydrogens (primary N) is 2. The minimum Gasteiger partial charge on any atom is -0.394 e. The maximum absolute atomic E-state index is 10.3. The highest BCUT2D eigenvalue weighted by atomic mass is 16.6. The molecule has 4 atom stereocenters. The number of aliphatic hydroxyl groups excluding tert-OH is 2. The number of anilines is 2. The van der Waals surface area contributed by atoms with Crippen molar-refractivity contribution in [2.24, 2.45) is 0 Å². The Labute approximate surface area is 119 Å². The zero-order chi connectivity index (χ0) is 15.1. The number of ether oxygens (including phenoxy) is 2. The fraction of sp³-hybridized carbons (Fsp3) is 0.545. The van der Waals surface area contributed by atoms with Crippen molar-refractivity contribution in [2.75, 3.05) is 25.2 Å². The van der Waals surface area contributed by atoms with Gasteiger partial charge >= 0.3 is 0 Å². The summed E-state index contributed by atoms with van der Waals surface area (Å²) in [6, 6.07) is 0. The van der Waals surface area contributed by atoms with E-state index in [0.29, 0.717) is 11.2 Å². The molecular formula is C11H16N6O4. The van der Waals surface area contributed by atoms with Crippen LogP contribution in [-0.4, -0.2) is 61.8 Å². The summed E-state index contributed by atoms with van der Waals surface area (Å²) >= 11 is 0. The Bertz CT molecular complexity index is 661. The lowest BCUT2D eigenvalue weighted by atomic mass is 10.1. The number of nitrogen functional groups attached to an aromatic ring is 2. The average Bonchev–Trinajstić information content (AvgIpc) is 2.99. The zero-order valence-electron chi connectivity index (χ0n) is 11.2. The second kappa shape index (κ2) is 5.07. The van der Waals surface area contributed by atoms with E-state index in [1.807, 2.05) is 0 Å². The van der Waals surface area contributed by atoms with Gasteiger partial charge in [-0.3, -0.25) is 4.57 Å². The van der Waals surface area contributed by atoms with E-state index in [1.165, 1.54) is 18.0 Å². The normalized spacial score (nSPS) is 29.3. The number of aromatic nitrogens is 4. The van der Waals surface area contributed by atoms with Gasteiger partial charge in [-0.05, 0) is 0 Å². The van der Waals surface area contributed by atoms with Crippen LogP contribution < -0.4 is 11.5 Å². The molecule has 0 amide bonds. The van der Waals surface area contributed by atoms with Crippen molar-refractivity contribution in [3.8, 4) is 0 Å². The molecule has 0 radical (unpaired) electrons.